The van der Waals surface area contributed by atoms with Crippen LogP contribution in [0.25, 0.3) is 5.69 Å². The van der Waals surface area contributed by atoms with Crippen LogP contribution in [0.2, 0.25) is 0 Å². The Morgan fingerprint density at radius 3 is 2.03 bits per heavy atom. The van der Waals surface area contributed by atoms with E-state index in [2.05, 4.69) is 5.10 Å². The molecule has 0 N–H and O–H groups in total. The fourth-order valence-electron chi connectivity index (χ4n) is 3.77. The first-order valence-corrected chi connectivity index (χ1v) is 10.1. The molecule has 2 aromatic carbocycles. The van der Waals surface area contributed by atoms with Gasteiger partial charge in [-0.25, -0.2) is 4.68 Å². The van der Waals surface area contributed by atoms with E-state index in [0.29, 0.717) is 0 Å². The number of nitrogens with zero attached hydrogens (tertiary/aromatic N) is 4. The maximum atomic E-state index is 13.3. The predicted molar refractivity (Wildman–Crippen MR) is 112 cm³/mol. The number of rotatable bonds is 3. The molecule has 2 amide bonds. The minimum atomic E-state index is -4.61. The van der Waals surface area contributed by atoms with Gasteiger partial charge in [0.2, 0.25) is 0 Å². The van der Waals surface area contributed by atoms with E-state index in [9.17, 15) is 22.8 Å². The number of hydrogen-bond acceptors (Lipinski definition) is 3. The van der Waals surface area contributed by atoms with Crippen molar-refractivity contribution in [2.45, 2.75) is 13.1 Å². The van der Waals surface area contributed by atoms with Gasteiger partial charge in [0, 0.05) is 31.9 Å². The maximum Gasteiger partial charge on any atom is 0.417 e. The van der Waals surface area contributed by atoms with Crippen LogP contribution in [0.15, 0.2) is 60.7 Å². The average Bonchev–Trinajstić information content (AvgIpc) is 3.20. The quantitative estimate of drug-likeness (QED) is 0.620. The number of amides is 2. The Balaban J connectivity index is 1.45. The van der Waals surface area contributed by atoms with Crippen molar-refractivity contribution in [3.8, 4) is 5.69 Å². The van der Waals surface area contributed by atoms with E-state index in [4.69, 9.17) is 0 Å². The lowest BCUT2D eigenvalue weighted by atomic mass is 10.1. The van der Waals surface area contributed by atoms with Crippen LogP contribution in [0.1, 0.15) is 32.1 Å². The van der Waals surface area contributed by atoms with Crippen LogP contribution in [0.5, 0.6) is 0 Å². The fourth-order valence-corrected chi connectivity index (χ4v) is 3.77. The van der Waals surface area contributed by atoms with Crippen molar-refractivity contribution in [2.24, 2.45) is 0 Å². The van der Waals surface area contributed by atoms with E-state index < -0.39 is 17.6 Å². The highest BCUT2D eigenvalue weighted by molar-refractivity contribution is 5.96. The summed E-state index contributed by atoms with van der Waals surface area (Å²) in [4.78, 5) is 28.6. The SMILES string of the molecule is Cc1cc(C(=O)N2CCN(C(=O)c3ccccc3C(F)(F)F)CC2)nn1-c1ccccc1. The van der Waals surface area contributed by atoms with Crippen LogP contribution in [0.3, 0.4) is 0 Å². The number of para-hydroxylation sites is 1. The van der Waals surface area contributed by atoms with Crippen molar-refractivity contribution in [2.75, 3.05) is 26.2 Å². The highest BCUT2D eigenvalue weighted by Crippen LogP contribution is 2.32. The lowest BCUT2D eigenvalue weighted by Gasteiger charge is -2.34. The number of piperazine rings is 1. The summed E-state index contributed by atoms with van der Waals surface area (Å²) in [5.41, 5.74) is 0.593. The van der Waals surface area contributed by atoms with Crippen molar-refractivity contribution in [3.63, 3.8) is 0 Å². The second-order valence-electron chi connectivity index (χ2n) is 7.55. The van der Waals surface area contributed by atoms with Crippen molar-refractivity contribution in [1.82, 2.24) is 19.6 Å². The van der Waals surface area contributed by atoms with E-state index in [1.165, 1.54) is 23.1 Å². The molecule has 166 valence electrons. The Kier molecular flexibility index (Phi) is 5.73. The molecule has 0 atom stereocenters. The second-order valence-corrected chi connectivity index (χ2v) is 7.55. The molecule has 1 aromatic heterocycles. The first-order valence-electron chi connectivity index (χ1n) is 10.1. The van der Waals surface area contributed by atoms with E-state index in [1.54, 1.807) is 15.6 Å². The van der Waals surface area contributed by atoms with Crippen LogP contribution in [-0.4, -0.2) is 57.6 Å². The summed E-state index contributed by atoms with van der Waals surface area (Å²) in [7, 11) is 0. The number of hydrogen-bond donors (Lipinski definition) is 0. The molecule has 0 radical (unpaired) electrons. The summed E-state index contributed by atoms with van der Waals surface area (Å²) in [6.07, 6.45) is -4.61. The molecular formula is C23H21F3N4O2. The van der Waals surface area contributed by atoms with Gasteiger partial charge in [-0.1, -0.05) is 30.3 Å². The van der Waals surface area contributed by atoms with Gasteiger partial charge in [-0.05, 0) is 37.3 Å². The maximum absolute atomic E-state index is 13.3. The van der Waals surface area contributed by atoms with E-state index in [-0.39, 0.29) is 43.3 Å². The number of alkyl halides is 3. The molecule has 1 aliphatic heterocycles. The van der Waals surface area contributed by atoms with Crippen molar-refractivity contribution in [1.29, 1.82) is 0 Å². The van der Waals surface area contributed by atoms with Crippen LogP contribution in [0, 0.1) is 6.92 Å². The molecule has 6 nitrogen and oxygen atoms in total. The molecule has 1 saturated heterocycles. The molecular weight excluding hydrogens is 421 g/mol. The zero-order valence-electron chi connectivity index (χ0n) is 17.3. The molecule has 1 aliphatic rings. The predicted octanol–water partition coefficient (Wildman–Crippen LogP) is 3.80. The highest BCUT2D eigenvalue weighted by atomic mass is 19.4. The number of halogens is 3. The third kappa shape index (κ3) is 4.23. The summed E-state index contributed by atoms with van der Waals surface area (Å²) in [5, 5.41) is 4.42. The van der Waals surface area contributed by atoms with Gasteiger partial charge in [-0.15, -0.1) is 0 Å². The van der Waals surface area contributed by atoms with Gasteiger partial charge in [0.05, 0.1) is 16.8 Å². The largest absolute Gasteiger partial charge is 0.417 e. The van der Waals surface area contributed by atoms with Crippen LogP contribution >= 0.6 is 0 Å². The normalized spacial score (nSPS) is 14.5. The van der Waals surface area contributed by atoms with Crippen molar-refractivity contribution >= 4 is 11.8 Å². The number of benzene rings is 2. The molecule has 2 heterocycles. The molecule has 1 fully saturated rings. The Hall–Kier alpha value is -3.62. The smallest absolute Gasteiger partial charge is 0.335 e. The third-order valence-corrected chi connectivity index (χ3v) is 5.42. The van der Waals surface area contributed by atoms with Gasteiger partial charge in [0.1, 0.15) is 0 Å². The molecule has 0 aliphatic carbocycles. The van der Waals surface area contributed by atoms with Gasteiger partial charge in [-0.2, -0.15) is 18.3 Å². The minimum Gasteiger partial charge on any atom is -0.335 e. The van der Waals surface area contributed by atoms with Crippen molar-refractivity contribution < 1.29 is 22.8 Å². The van der Waals surface area contributed by atoms with Crippen LogP contribution < -0.4 is 0 Å². The zero-order valence-corrected chi connectivity index (χ0v) is 17.3. The van der Waals surface area contributed by atoms with Gasteiger partial charge in [0.25, 0.3) is 11.8 Å². The van der Waals surface area contributed by atoms with Crippen LogP contribution in [0.4, 0.5) is 13.2 Å². The Morgan fingerprint density at radius 1 is 0.844 bits per heavy atom. The molecule has 0 unspecified atom stereocenters. The molecule has 9 heteroatoms. The number of carbonyl (C=O) groups excluding carboxylic acids is 2. The van der Waals surface area contributed by atoms with E-state index >= 15 is 0 Å². The van der Waals surface area contributed by atoms with Gasteiger partial charge in [-0.3, -0.25) is 9.59 Å². The summed E-state index contributed by atoms with van der Waals surface area (Å²) in [6.45, 7) is 2.59. The summed E-state index contributed by atoms with van der Waals surface area (Å²) in [6, 6.07) is 15.9. The number of aryl methyl sites for hydroxylation is 1. The zero-order chi connectivity index (χ0) is 22.9. The van der Waals surface area contributed by atoms with E-state index in [0.717, 1.165) is 17.4 Å². The average molecular weight is 442 g/mol. The standard InChI is InChI=1S/C23H21F3N4O2/c1-16-15-20(27-30(16)17-7-3-2-4-8-17)22(32)29-13-11-28(12-14-29)21(31)18-9-5-6-10-19(18)23(24,25)26/h2-10,15H,11-14H2,1H3. The third-order valence-electron chi connectivity index (χ3n) is 5.42. The summed E-state index contributed by atoms with van der Waals surface area (Å²) >= 11 is 0. The molecule has 4 rings (SSSR count). The first kappa shape index (κ1) is 21.6. The first-order chi connectivity index (χ1) is 15.3. The molecule has 0 bridgehead atoms. The van der Waals surface area contributed by atoms with Gasteiger partial charge < -0.3 is 9.80 Å². The lowest BCUT2D eigenvalue weighted by molar-refractivity contribution is -0.138. The Morgan fingerprint density at radius 2 is 1.41 bits per heavy atom. The fraction of sp³-hybridized carbons (Fsp3) is 0.261. The second kappa shape index (κ2) is 8.49. The lowest BCUT2D eigenvalue weighted by Crippen LogP contribution is -2.51. The van der Waals surface area contributed by atoms with Gasteiger partial charge >= 0.3 is 6.18 Å². The summed E-state index contributed by atoms with van der Waals surface area (Å²) in [5.74, 6) is -0.959. The molecule has 0 spiro atoms. The minimum absolute atomic E-state index is 0.148. The molecule has 32 heavy (non-hydrogen) atoms. The Bertz CT molecular complexity index is 1130. The number of carbonyl (C=O) groups is 2. The van der Waals surface area contributed by atoms with Crippen LogP contribution in [-0.2, 0) is 6.18 Å². The summed E-state index contributed by atoms with van der Waals surface area (Å²) < 4.78 is 41.5. The topological polar surface area (TPSA) is 58.4 Å². The molecule has 3 aromatic rings. The molecule has 0 saturated carbocycles. The van der Waals surface area contributed by atoms with Gasteiger partial charge in [0.15, 0.2) is 5.69 Å². The highest BCUT2D eigenvalue weighted by Gasteiger charge is 2.36. The van der Waals surface area contributed by atoms with Crippen molar-refractivity contribution in [3.05, 3.63) is 83.2 Å². The van der Waals surface area contributed by atoms with E-state index in [1.807, 2.05) is 37.3 Å². The monoisotopic (exact) mass is 442 g/mol. The Labute approximate surface area is 182 Å². The number of aromatic nitrogens is 2.